The van der Waals surface area contributed by atoms with E-state index < -0.39 is 0 Å². The highest BCUT2D eigenvalue weighted by atomic mass is 32.1. The smallest absolute Gasteiger partial charge is 0.260 e. The minimum Gasteiger partial charge on any atom is -0.343 e. The molecule has 0 atom stereocenters. The number of anilines is 1. The van der Waals surface area contributed by atoms with Crippen LogP contribution < -0.4 is 4.90 Å². The third-order valence-electron chi connectivity index (χ3n) is 4.40. The van der Waals surface area contributed by atoms with Gasteiger partial charge in [-0.2, -0.15) is 0 Å². The fraction of sp³-hybridized carbons (Fsp3) is 0.250. The van der Waals surface area contributed by atoms with Crippen molar-refractivity contribution in [2.45, 2.75) is 27.3 Å². The predicted octanol–water partition coefficient (Wildman–Crippen LogP) is 5.02. The van der Waals surface area contributed by atoms with Gasteiger partial charge in [-0.15, -0.1) is 11.3 Å². The number of halogens is 1. The lowest BCUT2D eigenvalue weighted by atomic mass is 10.2. The molecule has 0 aliphatic carbocycles. The molecular weight excluding hydrogens is 335 g/mol. The molecule has 3 rings (SSSR count). The van der Waals surface area contributed by atoms with E-state index in [9.17, 15) is 9.18 Å². The summed E-state index contributed by atoms with van der Waals surface area (Å²) in [5.41, 5.74) is 3.41. The van der Waals surface area contributed by atoms with Gasteiger partial charge in [-0.05, 0) is 62.5 Å². The fourth-order valence-electron chi connectivity index (χ4n) is 3.03. The number of benzene rings is 1. The van der Waals surface area contributed by atoms with Crippen LogP contribution in [0, 0.1) is 19.7 Å². The molecule has 0 radical (unpaired) electrons. The van der Waals surface area contributed by atoms with Crippen LogP contribution in [0.15, 0.2) is 47.8 Å². The first-order valence-corrected chi connectivity index (χ1v) is 9.15. The molecule has 25 heavy (non-hydrogen) atoms. The van der Waals surface area contributed by atoms with Crippen LogP contribution in [0.1, 0.15) is 33.5 Å². The lowest BCUT2D eigenvalue weighted by molar-refractivity contribution is 0.0987. The van der Waals surface area contributed by atoms with Crippen molar-refractivity contribution in [1.82, 2.24) is 4.57 Å². The highest BCUT2D eigenvalue weighted by Gasteiger charge is 2.21. The number of hydrogen-bond donors (Lipinski definition) is 0. The Bertz CT molecular complexity index is 866. The molecule has 3 aromatic rings. The number of hydrogen-bond acceptors (Lipinski definition) is 2. The van der Waals surface area contributed by atoms with Gasteiger partial charge >= 0.3 is 0 Å². The van der Waals surface area contributed by atoms with Crippen LogP contribution in [0.4, 0.5) is 10.1 Å². The number of aryl methyl sites for hydroxylation is 1. The molecule has 0 N–H and O–H groups in total. The van der Waals surface area contributed by atoms with Crippen LogP contribution in [0.25, 0.3) is 0 Å². The van der Waals surface area contributed by atoms with Gasteiger partial charge in [-0.1, -0.05) is 6.07 Å². The number of amides is 1. The number of thiophene rings is 1. The van der Waals surface area contributed by atoms with E-state index in [4.69, 9.17) is 0 Å². The highest BCUT2D eigenvalue weighted by Crippen LogP contribution is 2.23. The van der Waals surface area contributed by atoms with Gasteiger partial charge in [-0.25, -0.2) is 4.39 Å². The molecule has 130 valence electrons. The Morgan fingerprint density at radius 3 is 2.52 bits per heavy atom. The molecule has 0 saturated carbocycles. The van der Waals surface area contributed by atoms with E-state index in [1.165, 1.54) is 17.0 Å². The molecule has 2 aromatic heterocycles. The molecule has 1 aromatic carbocycles. The second kappa shape index (κ2) is 7.23. The van der Waals surface area contributed by atoms with Crippen LogP contribution in [0.5, 0.6) is 0 Å². The Labute approximate surface area is 151 Å². The summed E-state index contributed by atoms with van der Waals surface area (Å²) in [6.07, 6.45) is 0. The van der Waals surface area contributed by atoms with Crippen molar-refractivity contribution in [3.8, 4) is 0 Å². The van der Waals surface area contributed by atoms with E-state index in [0.29, 0.717) is 17.8 Å². The number of nitrogens with zero attached hydrogens (tertiary/aromatic N) is 2. The molecule has 0 bridgehead atoms. The standard InChI is InChI=1S/C20H21FN2OS/c1-4-22(17-9-7-16(21)8-10-17)20(24)19-12-14(2)23(15(19)3)13-18-6-5-11-25-18/h5-12H,4,13H2,1-3H3. The second-order valence-electron chi connectivity index (χ2n) is 5.98. The van der Waals surface area contributed by atoms with Crippen molar-refractivity contribution in [1.29, 1.82) is 0 Å². The Morgan fingerprint density at radius 1 is 1.20 bits per heavy atom. The van der Waals surface area contributed by atoms with Crippen molar-refractivity contribution in [3.63, 3.8) is 0 Å². The first-order valence-electron chi connectivity index (χ1n) is 8.27. The van der Waals surface area contributed by atoms with Gasteiger partial charge in [0.05, 0.1) is 12.1 Å². The Kier molecular flexibility index (Phi) is 5.04. The molecule has 1 amide bonds. The van der Waals surface area contributed by atoms with E-state index in [1.54, 1.807) is 28.4 Å². The minimum atomic E-state index is -0.304. The van der Waals surface area contributed by atoms with Gasteiger partial charge in [0.25, 0.3) is 5.91 Å². The highest BCUT2D eigenvalue weighted by molar-refractivity contribution is 7.09. The first-order chi connectivity index (χ1) is 12.0. The van der Waals surface area contributed by atoms with Crippen molar-refractivity contribution in [2.24, 2.45) is 0 Å². The number of carbonyl (C=O) groups is 1. The first kappa shape index (κ1) is 17.4. The lowest BCUT2D eigenvalue weighted by Crippen LogP contribution is -2.31. The topological polar surface area (TPSA) is 25.2 Å². The molecule has 0 aliphatic rings. The third-order valence-corrected chi connectivity index (χ3v) is 5.26. The summed E-state index contributed by atoms with van der Waals surface area (Å²) in [5.74, 6) is -0.360. The van der Waals surface area contributed by atoms with Gasteiger partial charge in [-0.3, -0.25) is 4.79 Å². The third kappa shape index (κ3) is 3.51. The zero-order chi connectivity index (χ0) is 18.0. The Morgan fingerprint density at radius 2 is 1.92 bits per heavy atom. The Hall–Kier alpha value is -2.40. The van der Waals surface area contributed by atoms with Crippen LogP contribution in [0.3, 0.4) is 0 Å². The summed E-state index contributed by atoms with van der Waals surface area (Å²) >= 11 is 1.71. The van der Waals surface area contributed by atoms with Crippen molar-refractivity contribution in [2.75, 3.05) is 11.4 Å². The Balaban J connectivity index is 1.92. The lowest BCUT2D eigenvalue weighted by Gasteiger charge is -2.21. The van der Waals surface area contributed by atoms with Crippen molar-refractivity contribution >= 4 is 22.9 Å². The summed E-state index contributed by atoms with van der Waals surface area (Å²) in [6, 6.07) is 12.1. The zero-order valence-corrected chi connectivity index (χ0v) is 15.4. The van der Waals surface area contributed by atoms with Gasteiger partial charge in [0.2, 0.25) is 0 Å². The van der Waals surface area contributed by atoms with E-state index >= 15 is 0 Å². The van der Waals surface area contributed by atoms with E-state index in [1.807, 2.05) is 32.9 Å². The van der Waals surface area contributed by atoms with Crippen LogP contribution in [-0.2, 0) is 6.54 Å². The van der Waals surface area contributed by atoms with Gasteiger partial charge in [0, 0.05) is 28.5 Å². The summed E-state index contributed by atoms with van der Waals surface area (Å²) in [5, 5.41) is 2.06. The second-order valence-corrected chi connectivity index (χ2v) is 7.01. The number of aromatic nitrogens is 1. The fourth-order valence-corrected chi connectivity index (χ4v) is 3.72. The van der Waals surface area contributed by atoms with Crippen molar-refractivity contribution < 1.29 is 9.18 Å². The summed E-state index contributed by atoms with van der Waals surface area (Å²) in [4.78, 5) is 16.0. The molecule has 5 heteroatoms. The van der Waals surface area contributed by atoms with Gasteiger partial charge in [0.15, 0.2) is 0 Å². The minimum absolute atomic E-state index is 0.0559. The molecule has 0 spiro atoms. The molecule has 0 aliphatic heterocycles. The molecule has 0 saturated heterocycles. The molecule has 0 unspecified atom stereocenters. The van der Waals surface area contributed by atoms with Crippen LogP contribution >= 0.6 is 11.3 Å². The monoisotopic (exact) mass is 356 g/mol. The maximum Gasteiger partial charge on any atom is 0.260 e. The summed E-state index contributed by atoms with van der Waals surface area (Å²) < 4.78 is 15.3. The average molecular weight is 356 g/mol. The number of rotatable bonds is 5. The SMILES string of the molecule is CCN(C(=O)c1cc(C)n(Cc2cccs2)c1C)c1ccc(F)cc1. The maximum atomic E-state index is 13.2. The van der Waals surface area contributed by atoms with E-state index in [-0.39, 0.29) is 11.7 Å². The summed E-state index contributed by atoms with van der Waals surface area (Å²) in [6.45, 7) is 7.22. The molecule has 0 fully saturated rings. The number of carbonyl (C=O) groups excluding carboxylic acids is 1. The van der Waals surface area contributed by atoms with Crippen LogP contribution in [0.2, 0.25) is 0 Å². The van der Waals surface area contributed by atoms with Crippen molar-refractivity contribution in [3.05, 3.63) is 75.5 Å². The normalized spacial score (nSPS) is 10.9. The maximum absolute atomic E-state index is 13.2. The summed E-state index contributed by atoms with van der Waals surface area (Å²) in [7, 11) is 0. The van der Waals surface area contributed by atoms with E-state index in [2.05, 4.69) is 16.0 Å². The predicted molar refractivity (Wildman–Crippen MR) is 101 cm³/mol. The largest absolute Gasteiger partial charge is 0.343 e. The van der Waals surface area contributed by atoms with E-state index in [0.717, 1.165) is 17.9 Å². The average Bonchev–Trinajstić information content (AvgIpc) is 3.21. The molecular formula is C20H21FN2OS. The zero-order valence-electron chi connectivity index (χ0n) is 14.6. The van der Waals surface area contributed by atoms with Crippen LogP contribution in [-0.4, -0.2) is 17.0 Å². The van der Waals surface area contributed by atoms with Gasteiger partial charge in [0.1, 0.15) is 5.82 Å². The quantitative estimate of drug-likeness (QED) is 0.630. The molecule has 2 heterocycles. The van der Waals surface area contributed by atoms with Gasteiger partial charge < -0.3 is 9.47 Å². The molecule has 3 nitrogen and oxygen atoms in total.